The SMILES string of the molecule is Fc1cc(F)c(OCc2ccccc2)c(C2CC2NC2CCC(N3CCOCC3)CC2)c1. The molecule has 172 valence electrons. The van der Waals surface area contributed by atoms with Gasteiger partial charge in [0.25, 0.3) is 0 Å². The topological polar surface area (TPSA) is 33.7 Å². The van der Waals surface area contributed by atoms with Crippen LogP contribution in [0.2, 0.25) is 0 Å². The van der Waals surface area contributed by atoms with Crippen molar-refractivity contribution in [2.45, 2.75) is 62.8 Å². The molecule has 0 amide bonds. The van der Waals surface area contributed by atoms with Gasteiger partial charge in [-0.25, -0.2) is 8.78 Å². The summed E-state index contributed by atoms with van der Waals surface area (Å²) >= 11 is 0. The van der Waals surface area contributed by atoms with Gasteiger partial charge in [-0.15, -0.1) is 0 Å². The molecule has 0 radical (unpaired) electrons. The summed E-state index contributed by atoms with van der Waals surface area (Å²) in [5, 5.41) is 3.76. The smallest absolute Gasteiger partial charge is 0.168 e. The molecule has 1 saturated heterocycles. The van der Waals surface area contributed by atoms with Crippen molar-refractivity contribution in [3.63, 3.8) is 0 Å². The third kappa shape index (κ3) is 5.13. The van der Waals surface area contributed by atoms with Gasteiger partial charge >= 0.3 is 0 Å². The summed E-state index contributed by atoms with van der Waals surface area (Å²) in [6.07, 6.45) is 5.61. The number of ether oxygens (including phenoxy) is 2. The van der Waals surface area contributed by atoms with E-state index in [9.17, 15) is 8.78 Å². The molecule has 2 aromatic rings. The molecule has 3 fully saturated rings. The van der Waals surface area contributed by atoms with E-state index in [1.165, 1.54) is 18.9 Å². The Bertz CT molecular complexity index is 896. The van der Waals surface area contributed by atoms with Gasteiger partial charge in [0.1, 0.15) is 12.4 Å². The van der Waals surface area contributed by atoms with Crippen molar-refractivity contribution in [3.05, 3.63) is 65.2 Å². The number of nitrogens with one attached hydrogen (secondary N) is 1. The Morgan fingerprint density at radius 1 is 1.00 bits per heavy atom. The zero-order valence-electron chi connectivity index (χ0n) is 18.4. The first-order valence-electron chi connectivity index (χ1n) is 11.9. The van der Waals surface area contributed by atoms with Gasteiger partial charge in [0, 0.05) is 48.8 Å². The minimum atomic E-state index is -0.618. The van der Waals surface area contributed by atoms with Crippen LogP contribution in [0.5, 0.6) is 5.75 Å². The van der Waals surface area contributed by atoms with Crippen LogP contribution in [0.15, 0.2) is 42.5 Å². The van der Waals surface area contributed by atoms with Crippen molar-refractivity contribution >= 4 is 0 Å². The summed E-state index contributed by atoms with van der Waals surface area (Å²) in [4.78, 5) is 2.57. The number of halogens is 2. The fourth-order valence-corrected chi connectivity index (χ4v) is 5.31. The standard InChI is InChI=1S/C26H32F2N2O2/c27-19-14-23(26(24(28)15-19)32-17-18-4-2-1-3-5-18)22-16-25(22)29-20-6-8-21(9-7-20)30-10-12-31-13-11-30/h1-5,14-15,20-22,25,29H,6-13,16-17H2. The third-order valence-corrected chi connectivity index (χ3v) is 7.16. The van der Waals surface area contributed by atoms with Crippen LogP contribution in [0, 0.1) is 11.6 Å². The first-order valence-corrected chi connectivity index (χ1v) is 11.9. The molecule has 2 aliphatic carbocycles. The molecule has 0 aromatic heterocycles. The molecule has 32 heavy (non-hydrogen) atoms. The van der Waals surface area contributed by atoms with Gasteiger partial charge in [-0.3, -0.25) is 4.90 Å². The van der Waals surface area contributed by atoms with E-state index in [4.69, 9.17) is 9.47 Å². The molecule has 1 aliphatic heterocycles. The average Bonchev–Trinajstić information content (AvgIpc) is 3.59. The van der Waals surface area contributed by atoms with Crippen molar-refractivity contribution in [1.82, 2.24) is 10.2 Å². The van der Waals surface area contributed by atoms with Crippen molar-refractivity contribution < 1.29 is 18.3 Å². The van der Waals surface area contributed by atoms with E-state index in [-0.39, 0.29) is 24.3 Å². The minimum Gasteiger partial charge on any atom is -0.486 e. The lowest BCUT2D eigenvalue weighted by molar-refractivity contribution is 0.00651. The lowest BCUT2D eigenvalue weighted by Gasteiger charge is -2.39. The Morgan fingerprint density at radius 2 is 1.75 bits per heavy atom. The van der Waals surface area contributed by atoms with E-state index in [2.05, 4.69) is 10.2 Å². The highest BCUT2D eigenvalue weighted by atomic mass is 19.1. The van der Waals surface area contributed by atoms with Crippen LogP contribution in [0.1, 0.15) is 49.1 Å². The highest BCUT2D eigenvalue weighted by molar-refractivity contribution is 5.42. The Hall–Kier alpha value is -2.02. The number of nitrogens with zero attached hydrogens (tertiary/aromatic N) is 1. The highest BCUT2D eigenvalue weighted by Crippen LogP contribution is 2.47. The van der Waals surface area contributed by atoms with Crippen molar-refractivity contribution in [2.24, 2.45) is 0 Å². The molecule has 4 nitrogen and oxygen atoms in total. The molecular weight excluding hydrogens is 410 g/mol. The number of morpholine rings is 1. The fraction of sp³-hybridized carbons (Fsp3) is 0.538. The Morgan fingerprint density at radius 3 is 2.50 bits per heavy atom. The maximum atomic E-state index is 14.6. The Balaban J connectivity index is 1.18. The first kappa shape index (κ1) is 21.8. The number of hydrogen-bond donors (Lipinski definition) is 1. The van der Waals surface area contributed by atoms with Crippen LogP contribution < -0.4 is 10.1 Å². The molecule has 0 bridgehead atoms. The predicted octanol–water partition coefficient (Wildman–Crippen LogP) is 4.63. The fourth-order valence-electron chi connectivity index (χ4n) is 5.31. The average molecular weight is 443 g/mol. The lowest BCUT2D eigenvalue weighted by Crippen LogP contribution is -2.47. The maximum absolute atomic E-state index is 14.6. The van der Waals surface area contributed by atoms with Crippen molar-refractivity contribution in [1.29, 1.82) is 0 Å². The van der Waals surface area contributed by atoms with E-state index < -0.39 is 11.6 Å². The lowest BCUT2D eigenvalue weighted by atomic mass is 9.90. The zero-order valence-corrected chi connectivity index (χ0v) is 18.4. The normalized spacial score (nSPS) is 28.4. The summed E-state index contributed by atoms with van der Waals surface area (Å²) in [6.45, 7) is 4.06. The molecule has 1 N–H and O–H groups in total. The zero-order chi connectivity index (χ0) is 21.9. The molecule has 6 heteroatoms. The number of hydrogen-bond acceptors (Lipinski definition) is 4. The van der Waals surface area contributed by atoms with Crippen LogP contribution in [0.3, 0.4) is 0 Å². The Kier molecular flexibility index (Phi) is 6.72. The van der Waals surface area contributed by atoms with Crippen LogP contribution in [-0.2, 0) is 11.3 Å². The summed E-state index contributed by atoms with van der Waals surface area (Å²) in [7, 11) is 0. The first-order chi connectivity index (χ1) is 15.7. The summed E-state index contributed by atoms with van der Waals surface area (Å²) in [5.74, 6) is -0.864. The van der Waals surface area contributed by atoms with Gasteiger partial charge in [-0.1, -0.05) is 30.3 Å². The molecule has 1 heterocycles. The van der Waals surface area contributed by atoms with E-state index in [1.54, 1.807) is 0 Å². The van der Waals surface area contributed by atoms with E-state index >= 15 is 0 Å². The second kappa shape index (κ2) is 9.86. The monoisotopic (exact) mass is 442 g/mol. The summed E-state index contributed by atoms with van der Waals surface area (Å²) in [5.41, 5.74) is 1.61. The second-order valence-corrected chi connectivity index (χ2v) is 9.35. The molecule has 0 spiro atoms. The van der Waals surface area contributed by atoms with Crippen LogP contribution in [0.25, 0.3) is 0 Å². The number of benzene rings is 2. The van der Waals surface area contributed by atoms with Gasteiger partial charge in [-0.2, -0.15) is 0 Å². The third-order valence-electron chi connectivity index (χ3n) is 7.16. The number of rotatable bonds is 7. The Labute approximate surface area is 188 Å². The highest BCUT2D eigenvalue weighted by Gasteiger charge is 2.42. The van der Waals surface area contributed by atoms with Crippen molar-refractivity contribution in [3.8, 4) is 5.75 Å². The molecule has 5 rings (SSSR count). The molecule has 2 unspecified atom stereocenters. The van der Waals surface area contributed by atoms with Gasteiger partial charge < -0.3 is 14.8 Å². The predicted molar refractivity (Wildman–Crippen MR) is 120 cm³/mol. The molecule has 3 aliphatic rings. The van der Waals surface area contributed by atoms with Gasteiger partial charge in [-0.05, 0) is 43.7 Å². The molecule has 2 aromatic carbocycles. The van der Waals surface area contributed by atoms with E-state index in [0.717, 1.165) is 57.2 Å². The van der Waals surface area contributed by atoms with Crippen LogP contribution in [-0.4, -0.2) is 49.3 Å². The molecular formula is C26H32F2N2O2. The van der Waals surface area contributed by atoms with Gasteiger partial charge in [0.2, 0.25) is 0 Å². The second-order valence-electron chi connectivity index (χ2n) is 9.35. The van der Waals surface area contributed by atoms with Crippen LogP contribution in [0.4, 0.5) is 8.78 Å². The van der Waals surface area contributed by atoms with Gasteiger partial charge in [0.15, 0.2) is 11.6 Å². The minimum absolute atomic E-state index is 0.0999. The summed E-state index contributed by atoms with van der Waals surface area (Å²) in [6, 6.07) is 13.4. The largest absolute Gasteiger partial charge is 0.486 e. The van der Waals surface area contributed by atoms with Crippen LogP contribution >= 0.6 is 0 Å². The maximum Gasteiger partial charge on any atom is 0.168 e. The summed E-state index contributed by atoms with van der Waals surface area (Å²) < 4.78 is 40.0. The van der Waals surface area contributed by atoms with Crippen molar-refractivity contribution in [2.75, 3.05) is 26.3 Å². The van der Waals surface area contributed by atoms with Gasteiger partial charge in [0.05, 0.1) is 13.2 Å². The van der Waals surface area contributed by atoms with E-state index in [0.29, 0.717) is 17.6 Å². The van der Waals surface area contributed by atoms with E-state index in [1.807, 2.05) is 30.3 Å². The molecule has 2 saturated carbocycles. The molecule has 2 atom stereocenters. The quantitative estimate of drug-likeness (QED) is 0.678.